The number of carbonyl (C=O) groups excluding carboxylic acids is 1. The molecule has 0 spiro atoms. The summed E-state index contributed by atoms with van der Waals surface area (Å²) in [6.07, 6.45) is 3.76. The summed E-state index contributed by atoms with van der Waals surface area (Å²) in [7, 11) is 3.28. The first-order valence-corrected chi connectivity index (χ1v) is 11.9. The van der Waals surface area contributed by atoms with Crippen LogP contribution in [0.15, 0.2) is 54.7 Å². The molecule has 0 radical (unpaired) electrons. The van der Waals surface area contributed by atoms with Crippen molar-refractivity contribution in [3.63, 3.8) is 0 Å². The van der Waals surface area contributed by atoms with Gasteiger partial charge in [-0.3, -0.25) is 4.79 Å². The molecule has 5 rings (SSSR count). The third kappa shape index (κ3) is 4.71. The minimum absolute atomic E-state index is 0.0113. The normalized spacial score (nSPS) is 13.1. The fourth-order valence-corrected chi connectivity index (χ4v) is 4.43. The van der Waals surface area contributed by atoms with E-state index in [1.165, 1.54) is 5.56 Å². The number of fused-ring (bicyclic) bond motifs is 1. The molecular formula is C28H30N4O3. The summed E-state index contributed by atoms with van der Waals surface area (Å²) in [5.41, 5.74) is 5.43. The summed E-state index contributed by atoms with van der Waals surface area (Å²) in [6, 6.07) is 16.2. The van der Waals surface area contributed by atoms with Crippen LogP contribution in [0.5, 0.6) is 11.5 Å². The molecule has 1 aliphatic rings. The number of methoxy groups -OCH3 is 2. The molecule has 7 nitrogen and oxygen atoms in total. The first kappa shape index (κ1) is 22.9. The lowest BCUT2D eigenvalue weighted by Crippen LogP contribution is -2.33. The van der Waals surface area contributed by atoms with Crippen LogP contribution >= 0.6 is 0 Å². The van der Waals surface area contributed by atoms with Crippen molar-refractivity contribution in [1.29, 1.82) is 0 Å². The highest BCUT2D eigenvalue weighted by atomic mass is 16.5. The molecule has 2 heterocycles. The van der Waals surface area contributed by atoms with Crippen LogP contribution in [-0.2, 0) is 13.1 Å². The quantitative estimate of drug-likeness (QED) is 0.366. The SMILES string of the molecule is COc1ccc(OC)c(CN(C(=O)c2cc(C)nc3c2cnn3Cc2ccc(C)cc2)C2CC2)c1. The molecule has 1 amide bonds. The van der Waals surface area contributed by atoms with Gasteiger partial charge in [0.1, 0.15) is 11.5 Å². The number of aryl methyl sites for hydroxylation is 2. The van der Waals surface area contributed by atoms with E-state index in [1.807, 2.05) is 40.8 Å². The van der Waals surface area contributed by atoms with E-state index in [9.17, 15) is 4.79 Å². The standard InChI is InChI=1S/C28H30N4O3/c1-18-5-7-20(8-6-18)16-32-27-25(15-29-32)24(13-19(2)30-27)28(33)31(22-9-10-22)17-21-14-23(34-3)11-12-26(21)35-4/h5-8,11-15,22H,9-10,16-17H2,1-4H3. The van der Waals surface area contributed by atoms with Crippen LogP contribution in [0.3, 0.4) is 0 Å². The van der Waals surface area contributed by atoms with Crippen molar-refractivity contribution in [2.75, 3.05) is 14.2 Å². The van der Waals surface area contributed by atoms with Crippen molar-refractivity contribution in [2.24, 2.45) is 0 Å². The van der Waals surface area contributed by atoms with Crippen LogP contribution in [0.2, 0.25) is 0 Å². The van der Waals surface area contributed by atoms with Crippen LogP contribution in [0.4, 0.5) is 0 Å². The van der Waals surface area contributed by atoms with Crippen molar-refractivity contribution in [2.45, 2.75) is 45.8 Å². The van der Waals surface area contributed by atoms with Gasteiger partial charge in [0.25, 0.3) is 5.91 Å². The highest BCUT2D eigenvalue weighted by Gasteiger charge is 2.34. The maximum atomic E-state index is 13.9. The molecule has 4 aromatic rings. The number of hydrogen-bond acceptors (Lipinski definition) is 5. The number of rotatable bonds is 8. The molecule has 35 heavy (non-hydrogen) atoms. The Kier molecular flexibility index (Phi) is 6.16. The van der Waals surface area contributed by atoms with Gasteiger partial charge < -0.3 is 14.4 Å². The summed E-state index contributed by atoms with van der Waals surface area (Å²) in [6.45, 7) is 5.04. The van der Waals surface area contributed by atoms with Gasteiger partial charge in [0.05, 0.1) is 44.5 Å². The van der Waals surface area contributed by atoms with Gasteiger partial charge in [-0.05, 0) is 56.5 Å². The Labute approximate surface area is 205 Å². The van der Waals surface area contributed by atoms with Crippen molar-refractivity contribution in [1.82, 2.24) is 19.7 Å². The molecule has 1 aliphatic carbocycles. The smallest absolute Gasteiger partial charge is 0.255 e. The topological polar surface area (TPSA) is 69.5 Å². The van der Waals surface area contributed by atoms with E-state index >= 15 is 0 Å². The molecule has 0 aliphatic heterocycles. The number of carbonyl (C=O) groups is 1. The lowest BCUT2D eigenvalue weighted by atomic mass is 10.1. The fraction of sp³-hybridized carbons (Fsp3) is 0.321. The third-order valence-corrected chi connectivity index (χ3v) is 6.50. The van der Waals surface area contributed by atoms with E-state index in [-0.39, 0.29) is 11.9 Å². The van der Waals surface area contributed by atoms with E-state index < -0.39 is 0 Å². The van der Waals surface area contributed by atoms with Gasteiger partial charge in [-0.25, -0.2) is 9.67 Å². The second kappa shape index (κ2) is 9.41. The second-order valence-corrected chi connectivity index (χ2v) is 9.18. The number of pyridine rings is 1. The monoisotopic (exact) mass is 470 g/mol. The van der Waals surface area contributed by atoms with E-state index in [2.05, 4.69) is 36.3 Å². The molecule has 2 aromatic heterocycles. The van der Waals surface area contributed by atoms with Crippen LogP contribution in [0.25, 0.3) is 11.0 Å². The Hall–Kier alpha value is -3.87. The van der Waals surface area contributed by atoms with Crippen LogP contribution in [0, 0.1) is 13.8 Å². The molecule has 0 saturated heterocycles. The zero-order valence-corrected chi connectivity index (χ0v) is 20.6. The summed E-state index contributed by atoms with van der Waals surface area (Å²) in [4.78, 5) is 20.6. The summed E-state index contributed by atoms with van der Waals surface area (Å²) >= 11 is 0. The van der Waals surface area contributed by atoms with Crippen molar-refractivity contribution >= 4 is 16.9 Å². The highest BCUT2D eigenvalue weighted by Crippen LogP contribution is 2.34. The van der Waals surface area contributed by atoms with Crippen molar-refractivity contribution in [3.05, 3.63) is 82.7 Å². The fourth-order valence-electron chi connectivity index (χ4n) is 4.43. The maximum Gasteiger partial charge on any atom is 0.255 e. The first-order valence-electron chi connectivity index (χ1n) is 11.9. The first-order chi connectivity index (χ1) is 17.0. The predicted molar refractivity (Wildman–Crippen MR) is 135 cm³/mol. The molecule has 0 atom stereocenters. The largest absolute Gasteiger partial charge is 0.497 e. The lowest BCUT2D eigenvalue weighted by molar-refractivity contribution is 0.0730. The van der Waals surface area contributed by atoms with Gasteiger partial charge in [-0.1, -0.05) is 29.8 Å². The van der Waals surface area contributed by atoms with Crippen molar-refractivity contribution in [3.8, 4) is 11.5 Å². The Morgan fingerprint density at radius 1 is 1.06 bits per heavy atom. The Morgan fingerprint density at radius 3 is 2.51 bits per heavy atom. The zero-order chi connectivity index (χ0) is 24.5. The molecule has 0 N–H and O–H groups in total. The highest BCUT2D eigenvalue weighted by molar-refractivity contribution is 6.05. The Balaban J connectivity index is 1.49. The van der Waals surface area contributed by atoms with E-state index in [4.69, 9.17) is 14.5 Å². The van der Waals surface area contributed by atoms with Gasteiger partial charge in [-0.15, -0.1) is 0 Å². The van der Waals surface area contributed by atoms with Crippen LogP contribution in [0.1, 0.15) is 45.6 Å². The molecule has 1 saturated carbocycles. The third-order valence-electron chi connectivity index (χ3n) is 6.50. The molecule has 180 valence electrons. The van der Waals surface area contributed by atoms with E-state index in [0.29, 0.717) is 18.7 Å². The number of hydrogen-bond donors (Lipinski definition) is 0. The molecule has 0 unspecified atom stereocenters. The number of ether oxygens (including phenoxy) is 2. The second-order valence-electron chi connectivity index (χ2n) is 9.18. The molecule has 7 heteroatoms. The van der Waals surface area contributed by atoms with E-state index in [0.717, 1.165) is 52.2 Å². The van der Waals surface area contributed by atoms with E-state index in [1.54, 1.807) is 20.4 Å². The molecule has 2 aromatic carbocycles. The number of amides is 1. The average Bonchev–Trinajstić information content (AvgIpc) is 3.64. The minimum atomic E-state index is -0.0113. The molecule has 0 bridgehead atoms. The molecular weight excluding hydrogens is 440 g/mol. The van der Waals surface area contributed by atoms with Crippen LogP contribution in [-0.4, -0.2) is 45.8 Å². The number of benzene rings is 2. The predicted octanol–water partition coefficient (Wildman–Crippen LogP) is 4.92. The minimum Gasteiger partial charge on any atom is -0.497 e. The maximum absolute atomic E-state index is 13.9. The number of nitrogens with zero attached hydrogens (tertiary/aromatic N) is 4. The van der Waals surface area contributed by atoms with Gasteiger partial charge in [0, 0.05) is 17.3 Å². The Bertz CT molecular complexity index is 1370. The van der Waals surface area contributed by atoms with Gasteiger partial charge >= 0.3 is 0 Å². The van der Waals surface area contributed by atoms with Crippen LogP contribution < -0.4 is 9.47 Å². The zero-order valence-electron chi connectivity index (χ0n) is 20.6. The summed E-state index contributed by atoms with van der Waals surface area (Å²) in [5, 5.41) is 5.37. The average molecular weight is 471 g/mol. The lowest BCUT2D eigenvalue weighted by Gasteiger charge is -2.24. The summed E-state index contributed by atoms with van der Waals surface area (Å²) < 4.78 is 12.9. The van der Waals surface area contributed by atoms with Crippen molar-refractivity contribution < 1.29 is 14.3 Å². The summed E-state index contributed by atoms with van der Waals surface area (Å²) in [5.74, 6) is 1.47. The van der Waals surface area contributed by atoms with Gasteiger partial charge in [-0.2, -0.15) is 5.10 Å². The Morgan fingerprint density at radius 2 is 1.83 bits per heavy atom. The van der Waals surface area contributed by atoms with Gasteiger partial charge in [0.2, 0.25) is 0 Å². The van der Waals surface area contributed by atoms with Gasteiger partial charge in [0.15, 0.2) is 5.65 Å². The molecule has 1 fully saturated rings. The number of aromatic nitrogens is 3.